The summed E-state index contributed by atoms with van der Waals surface area (Å²) in [4.78, 5) is 34.4. The molecule has 6 aromatic heterocycles. The van der Waals surface area contributed by atoms with Gasteiger partial charge in [0.25, 0.3) is 6.71 Å². The number of hydrogen-bond acceptors (Lipinski definition) is 8. The molecule has 3 aliphatic heterocycles. The van der Waals surface area contributed by atoms with Crippen molar-refractivity contribution in [3.05, 3.63) is 169 Å². The molecule has 0 fully saturated rings. The number of rotatable bonds is 5. The normalized spacial score (nSPS) is 13.4. The molecule has 0 amide bonds. The maximum absolute atomic E-state index is 5.13. The van der Waals surface area contributed by atoms with Crippen LogP contribution >= 0.6 is 0 Å². The van der Waals surface area contributed by atoms with Crippen LogP contribution in [0.1, 0.15) is 6.42 Å². The second-order valence-corrected chi connectivity index (χ2v) is 14.0. The summed E-state index contributed by atoms with van der Waals surface area (Å²) in [6.45, 7) is -0.198. The zero-order chi connectivity index (χ0) is 36.7. The van der Waals surface area contributed by atoms with Crippen molar-refractivity contribution < 1.29 is 0 Å². The fourth-order valence-corrected chi connectivity index (χ4v) is 8.88. The van der Waals surface area contributed by atoms with Gasteiger partial charge in [0, 0.05) is 59.6 Å². The molecule has 262 valence electrons. The maximum Gasteiger partial charge on any atom is 0.277 e. The highest BCUT2D eigenvalue weighted by molar-refractivity contribution is 6.99. The lowest BCUT2D eigenvalue weighted by Crippen LogP contribution is -2.61. The molecule has 0 bridgehead atoms. The van der Waals surface area contributed by atoms with Crippen molar-refractivity contribution in [2.24, 2.45) is 4.99 Å². The van der Waals surface area contributed by atoms with Gasteiger partial charge in [-0.15, -0.1) is 0 Å². The summed E-state index contributed by atoms with van der Waals surface area (Å²) in [5.74, 6) is 3.12. The van der Waals surface area contributed by atoms with Crippen LogP contribution in [-0.4, -0.2) is 40.8 Å². The molecule has 0 saturated heterocycles. The van der Waals surface area contributed by atoms with Gasteiger partial charge in [-0.1, -0.05) is 66.7 Å². The molecular weight excluding hydrogens is 691 g/mol. The quantitative estimate of drug-likeness (QED) is 0.203. The Morgan fingerprint density at radius 3 is 2.16 bits per heavy atom. The minimum absolute atomic E-state index is 0.198. The summed E-state index contributed by atoms with van der Waals surface area (Å²) in [6, 6.07) is 39.6. The maximum atomic E-state index is 5.13. The molecule has 0 spiro atoms. The molecule has 10 nitrogen and oxygen atoms in total. The molecule has 9 aromatic rings. The Bertz CT molecular complexity index is 3140. The van der Waals surface area contributed by atoms with Crippen molar-refractivity contribution in [3.8, 4) is 11.5 Å². The van der Waals surface area contributed by atoms with Crippen molar-refractivity contribution >= 4 is 85.8 Å². The monoisotopic (exact) mass is 720 g/mol. The Hall–Kier alpha value is -7.66. The van der Waals surface area contributed by atoms with Gasteiger partial charge >= 0.3 is 0 Å². The van der Waals surface area contributed by atoms with E-state index in [4.69, 9.17) is 29.9 Å². The first kappa shape index (κ1) is 30.8. The molecule has 9 heterocycles. The number of aromatic nitrogens is 7. The lowest BCUT2D eigenvalue weighted by atomic mass is 9.35. The number of nitrogens with zero attached hydrogens (tertiary/aromatic N) is 10. The second kappa shape index (κ2) is 11.9. The number of benzene rings is 3. The van der Waals surface area contributed by atoms with E-state index in [1.807, 2.05) is 85.6 Å². The molecule has 0 aliphatic carbocycles. The van der Waals surface area contributed by atoms with Crippen molar-refractivity contribution in [1.29, 1.82) is 0 Å². The highest BCUT2D eigenvalue weighted by Gasteiger charge is 2.45. The highest BCUT2D eigenvalue weighted by Crippen LogP contribution is 2.44. The van der Waals surface area contributed by atoms with Gasteiger partial charge in [0.05, 0.1) is 32.9 Å². The van der Waals surface area contributed by atoms with E-state index < -0.39 is 0 Å². The van der Waals surface area contributed by atoms with E-state index >= 15 is 0 Å². The summed E-state index contributed by atoms with van der Waals surface area (Å²) >= 11 is 0. The zero-order valence-electron chi connectivity index (χ0n) is 29.8. The van der Waals surface area contributed by atoms with Crippen LogP contribution in [0, 0.1) is 0 Å². The number of hydrogen-bond donors (Lipinski definition) is 0. The van der Waals surface area contributed by atoms with Crippen molar-refractivity contribution in [3.63, 3.8) is 0 Å². The Balaban J connectivity index is 1.30. The topological polar surface area (TPSA) is 93.1 Å². The smallest absolute Gasteiger partial charge is 0.277 e. The third-order valence-electron chi connectivity index (χ3n) is 11.0. The van der Waals surface area contributed by atoms with Gasteiger partial charge in [0.1, 0.15) is 23.1 Å². The molecule has 0 radical (unpaired) electrons. The first-order valence-corrected chi connectivity index (χ1v) is 18.6. The molecule has 11 heteroatoms. The van der Waals surface area contributed by atoms with Crippen LogP contribution in [0.15, 0.2) is 164 Å². The summed E-state index contributed by atoms with van der Waals surface area (Å²) in [7, 11) is 0. The van der Waals surface area contributed by atoms with Crippen LogP contribution in [0.4, 0.5) is 34.5 Å². The van der Waals surface area contributed by atoms with Gasteiger partial charge in [-0.3, -0.25) is 28.9 Å². The first-order valence-electron chi connectivity index (χ1n) is 18.6. The lowest BCUT2D eigenvalue weighted by molar-refractivity contribution is 0.956. The van der Waals surface area contributed by atoms with Crippen LogP contribution < -0.4 is 37.0 Å². The molecule has 0 saturated carbocycles. The van der Waals surface area contributed by atoms with Crippen LogP contribution in [-0.2, 0) is 0 Å². The van der Waals surface area contributed by atoms with Gasteiger partial charge in [0.15, 0.2) is 5.82 Å². The van der Waals surface area contributed by atoms with Crippen molar-refractivity contribution in [2.75, 3.05) is 9.80 Å². The second-order valence-electron chi connectivity index (χ2n) is 14.0. The van der Waals surface area contributed by atoms with Crippen molar-refractivity contribution in [1.82, 2.24) is 34.1 Å². The number of anilines is 6. The average molecular weight is 721 g/mol. The molecule has 3 aliphatic rings. The van der Waals surface area contributed by atoms with Crippen molar-refractivity contribution in [2.45, 2.75) is 6.42 Å². The largest absolute Gasteiger partial charge is 0.296 e. The summed E-state index contributed by atoms with van der Waals surface area (Å²) in [6.07, 6.45) is 16.1. The Morgan fingerprint density at radius 2 is 1.39 bits per heavy atom. The Morgan fingerprint density at radius 1 is 0.643 bits per heavy atom. The molecule has 12 rings (SSSR count). The number of fused-ring (bicyclic) bond motifs is 9. The molecule has 0 N–H and O–H groups in total. The predicted molar refractivity (Wildman–Crippen MR) is 222 cm³/mol. The van der Waals surface area contributed by atoms with Crippen LogP contribution in [0.2, 0.25) is 0 Å². The highest BCUT2D eigenvalue weighted by atomic mass is 15.3. The van der Waals surface area contributed by atoms with E-state index in [0.717, 1.165) is 102 Å². The minimum atomic E-state index is -0.198. The SMILES string of the molecule is C1=CN=c2c(n(-c3ccccn3)c3c2c2cccc4c2n3-c2cc(N(c3ccccn3)c3ccccn3)cc3c2B4c2nccnc2N3c2ccccc2)=CC1. The van der Waals surface area contributed by atoms with E-state index in [1.165, 1.54) is 0 Å². The zero-order valence-corrected chi connectivity index (χ0v) is 29.8. The average Bonchev–Trinajstić information content (AvgIpc) is 3.64. The van der Waals surface area contributed by atoms with E-state index in [-0.39, 0.29) is 6.71 Å². The molecular formula is C45H29BN10. The lowest BCUT2D eigenvalue weighted by Gasteiger charge is -2.39. The first-order chi connectivity index (χ1) is 27.8. The van der Waals surface area contributed by atoms with E-state index in [9.17, 15) is 0 Å². The fourth-order valence-electron chi connectivity index (χ4n) is 8.88. The number of allylic oxidation sites excluding steroid dienone is 1. The number of para-hydroxylation sites is 2. The van der Waals surface area contributed by atoms with Gasteiger partial charge in [0.2, 0.25) is 0 Å². The third-order valence-corrected chi connectivity index (χ3v) is 11.0. The Kier molecular flexibility index (Phi) is 6.55. The summed E-state index contributed by atoms with van der Waals surface area (Å²) in [5.41, 5.74) is 9.22. The van der Waals surface area contributed by atoms with E-state index in [0.29, 0.717) is 0 Å². The van der Waals surface area contributed by atoms with Crippen LogP contribution in [0.25, 0.3) is 39.5 Å². The minimum Gasteiger partial charge on any atom is -0.296 e. The fraction of sp³-hybridized carbons (Fsp3) is 0.0222. The Labute approximate surface area is 320 Å². The standard InChI is InChI=1S/C45H29BN10/c1-2-13-29(14-3-1)53-34-27-30(54(36-18-5-9-21-47-36)37-19-6-10-22-48-37)28-35-40(34)46(43-44(53)52-26-25-51-43)32-16-12-15-31-39-41-33(17-4-8-24-50-41)55(38-20-7-11-23-49-38)45(39)56(35)42(31)32/h1-3,5-28H,4H2. The number of pyridine rings is 3. The summed E-state index contributed by atoms with van der Waals surface area (Å²) < 4.78 is 4.72. The molecule has 0 unspecified atom stereocenters. The van der Waals surface area contributed by atoms with Gasteiger partial charge in [-0.05, 0) is 78.0 Å². The van der Waals surface area contributed by atoms with Crippen LogP contribution in [0.3, 0.4) is 0 Å². The molecule has 56 heavy (non-hydrogen) atoms. The molecule has 3 aromatic carbocycles. The van der Waals surface area contributed by atoms with E-state index in [1.54, 1.807) is 6.20 Å². The van der Waals surface area contributed by atoms with Gasteiger partial charge in [-0.2, -0.15) is 0 Å². The van der Waals surface area contributed by atoms with Crippen LogP contribution in [0.5, 0.6) is 0 Å². The molecule has 0 atom stereocenters. The van der Waals surface area contributed by atoms with E-state index in [2.05, 4.69) is 91.7 Å². The van der Waals surface area contributed by atoms with Gasteiger partial charge in [-0.25, -0.2) is 19.9 Å². The predicted octanol–water partition coefficient (Wildman–Crippen LogP) is 5.95. The summed E-state index contributed by atoms with van der Waals surface area (Å²) in [5, 5.41) is 4.15. The third kappa shape index (κ3) is 4.27. The van der Waals surface area contributed by atoms with Gasteiger partial charge < -0.3 is 0 Å².